The van der Waals surface area contributed by atoms with Crippen LogP contribution in [0.3, 0.4) is 0 Å². The average Bonchev–Trinajstić information content (AvgIpc) is 1.93. The first-order chi connectivity index (χ1) is 4.63. The highest BCUT2D eigenvalue weighted by molar-refractivity contribution is 14.1. The topological polar surface area (TPSA) is 0 Å². The third-order valence-electron chi connectivity index (χ3n) is 1.61. The maximum Gasteiger partial charge on any atom is 0.0311 e. The van der Waals surface area contributed by atoms with E-state index in [1.54, 1.807) is 0 Å². The lowest BCUT2D eigenvalue weighted by Gasteiger charge is -2.03. The van der Waals surface area contributed by atoms with Crippen LogP contribution in [-0.2, 0) is 0 Å². The maximum atomic E-state index is 3.47. The molecule has 1 rings (SSSR count). The molecule has 0 nitrogen and oxygen atoms in total. The quantitative estimate of drug-likeness (QED) is 0.641. The number of hydrogen-bond donors (Lipinski definition) is 0. The molecule has 0 spiro atoms. The molecule has 0 saturated heterocycles. The Labute approximate surface area is 83.3 Å². The fourth-order valence-electron chi connectivity index (χ4n) is 0.749. The summed E-state index contributed by atoms with van der Waals surface area (Å²) in [5.41, 5.74) is 2.72. The van der Waals surface area contributed by atoms with Crippen molar-refractivity contribution in [2.75, 3.05) is 0 Å². The van der Waals surface area contributed by atoms with Crippen molar-refractivity contribution in [2.24, 2.45) is 0 Å². The number of aryl methyl sites for hydroxylation is 1. The zero-order valence-electron chi connectivity index (χ0n) is 5.91. The van der Waals surface area contributed by atoms with E-state index in [2.05, 4.69) is 64.5 Å². The van der Waals surface area contributed by atoms with Crippen LogP contribution >= 0.6 is 38.5 Å². The Morgan fingerprint density at radius 3 is 2.40 bits per heavy atom. The summed E-state index contributed by atoms with van der Waals surface area (Å²) >= 11 is 5.82. The van der Waals surface area contributed by atoms with Crippen molar-refractivity contribution < 1.29 is 0 Å². The Morgan fingerprint density at radius 2 is 1.90 bits per heavy atom. The summed E-state index contributed by atoms with van der Waals surface area (Å²) in [4.78, 5) is 0. The van der Waals surface area contributed by atoms with Gasteiger partial charge in [-0.05, 0) is 69.6 Å². The van der Waals surface area contributed by atoms with Crippen LogP contribution in [0.2, 0.25) is 0 Å². The molecule has 54 valence electrons. The Hall–Kier alpha value is 0.430. The Balaban J connectivity index is 3.34. The molecule has 10 heavy (non-hydrogen) atoms. The molecule has 2 heteroatoms. The smallest absolute Gasteiger partial charge is 0.0311 e. The predicted molar refractivity (Wildman–Crippen MR) is 56.3 cm³/mol. The molecule has 0 aliphatic rings. The van der Waals surface area contributed by atoms with Crippen LogP contribution in [0.5, 0.6) is 0 Å². The van der Waals surface area contributed by atoms with Crippen LogP contribution in [-0.4, -0.2) is 0 Å². The molecule has 0 aliphatic carbocycles. The highest BCUT2D eigenvalue weighted by Gasteiger charge is 2.00. The highest BCUT2D eigenvalue weighted by atomic mass is 127. The van der Waals surface area contributed by atoms with Crippen LogP contribution in [0, 0.1) is 17.4 Å². The van der Waals surface area contributed by atoms with Gasteiger partial charge >= 0.3 is 0 Å². The van der Waals surface area contributed by atoms with Crippen molar-refractivity contribution in [1.29, 1.82) is 0 Å². The van der Waals surface area contributed by atoms with Gasteiger partial charge in [0.15, 0.2) is 0 Å². The van der Waals surface area contributed by atoms with E-state index in [0.717, 1.165) is 0 Å². The number of rotatable bonds is 0. The largest absolute Gasteiger partial charge is 0.0579 e. The molecule has 0 heterocycles. The van der Waals surface area contributed by atoms with Gasteiger partial charge in [-0.1, -0.05) is 6.07 Å². The summed E-state index contributed by atoms with van der Waals surface area (Å²) in [6.07, 6.45) is 0. The monoisotopic (exact) mass is 310 g/mol. The summed E-state index contributed by atoms with van der Waals surface area (Å²) in [5.74, 6) is 0. The van der Waals surface area contributed by atoms with E-state index in [0.29, 0.717) is 0 Å². The minimum atomic E-state index is 1.19. The minimum absolute atomic E-state index is 1.19. The van der Waals surface area contributed by atoms with E-state index in [4.69, 9.17) is 0 Å². The standard InChI is InChI=1S/C8H8BrI/c1-5-3-4-7(9)8(10)6(5)2/h3-4H,1-2H3. The van der Waals surface area contributed by atoms with Crippen LogP contribution in [0.4, 0.5) is 0 Å². The van der Waals surface area contributed by atoms with Gasteiger partial charge < -0.3 is 0 Å². The van der Waals surface area contributed by atoms with Crippen molar-refractivity contribution >= 4 is 38.5 Å². The van der Waals surface area contributed by atoms with Crippen molar-refractivity contribution in [3.63, 3.8) is 0 Å². The summed E-state index contributed by atoms with van der Waals surface area (Å²) in [5, 5.41) is 0. The highest BCUT2D eigenvalue weighted by Crippen LogP contribution is 2.24. The summed E-state index contributed by atoms with van der Waals surface area (Å²) < 4.78 is 2.51. The minimum Gasteiger partial charge on any atom is -0.0579 e. The molecular weight excluding hydrogens is 303 g/mol. The normalized spacial score (nSPS) is 10.0. The summed E-state index contributed by atoms with van der Waals surface area (Å²) in [6.45, 7) is 4.27. The van der Waals surface area contributed by atoms with Gasteiger partial charge in [0, 0.05) is 8.04 Å². The lowest BCUT2D eigenvalue weighted by Crippen LogP contribution is -1.85. The molecule has 1 aromatic rings. The molecule has 0 aromatic heterocycles. The van der Waals surface area contributed by atoms with Gasteiger partial charge in [-0.25, -0.2) is 0 Å². The molecule has 0 N–H and O–H groups in total. The second-order valence-corrected chi connectivity index (χ2v) is 4.24. The number of halogens is 2. The Kier molecular flexibility index (Phi) is 2.74. The first kappa shape index (κ1) is 8.53. The number of benzene rings is 1. The number of hydrogen-bond acceptors (Lipinski definition) is 0. The molecule has 0 radical (unpaired) electrons. The van der Waals surface area contributed by atoms with E-state index < -0.39 is 0 Å². The van der Waals surface area contributed by atoms with Gasteiger partial charge in [0.05, 0.1) is 0 Å². The molecule has 0 unspecified atom stereocenters. The maximum absolute atomic E-state index is 3.47. The van der Waals surface area contributed by atoms with Gasteiger partial charge in [-0.15, -0.1) is 0 Å². The summed E-state index contributed by atoms with van der Waals surface area (Å²) in [6, 6.07) is 4.21. The van der Waals surface area contributed by atoms with Crippen molar-refractivity contribution in [1.82, 2.24) is 0 Å². The van der Waals surface area contributed by atoms with Gasteiger partial charge in [-0.2, -0.15) is 0 Å². The van der Waals surface area contributed by atoms with Gasteiger partial charge in [0.1, 0.15) is 0 Å². The van der Waals surface area contributed by atoms with Crippen molar-refractivity contribution in [3.05, 3.63) is 31.3 Å². The van der Waals surface area contributed by atoms with E-state index in [1.165, 1.54) is 19.2 Å². The van der Waals surface area contributed by atoms with Gasteiger partial charge in [0.25, 0.3) is 0 Å². The van der Waals surface area contributed by atoms with E-state index in [1.807, 2.05) is 0 Å². The first-order valence-corrected chi connectivity index (χ1v) is 4.91. The molecule has 0 fully saturated rings. The Bertz CT molecular complexity index is 229. The molecular formula is C8H8BrI. The van der Waals surface area contributed by atoms with Crippen LogP contribution < -0.4 is 0 Å². The van der Waals surface area contributed by atoms with E-state index in [9.17, 15) is 0 Å². The van der Waals surface area contributed by atoms with E-state index >= 15 is 0 Å². The summed E-state index contributed by atoms with van der Waals surface area (Å²) in [7, 11) is 0. The van der Waals surface area contributed by atoms with Crippen LogP contribution in [0.15, 0.2) is 16.6 Å². The third-order valence-corrected chi connectivity index (χ3v) is 4.40. The van der Waals surface area contributed by atoms with Crippen molar-refractivity contribution in [3.8, 4) is 0 Å². The molecule has 0 bridgehead atoms. The van der Waals surface area contributed by atoms with Crippen LogP contribution in [0.1, 0.15) is 11.1 Å². The lowest BCUT2D eigenvalue weighted by atomic mass is 10.1. The van der Waals surface area contributed by atoms with Crippen molar-refractivity contribution in [2.45, 2.75) is 13.8 Å². The average molecular weight is 311 g/mol. The molecule has 0 amide bonds. The lowest BCUT2D eigenvalue weighted by molar-refractivity contribution is 1.30. The second-order valence-electron chi connectivity index (χ2n) is 2.30. The molecule has 0 saturated carbocycles. The van der Waals surface area contributed by atoms with Gasteiger partial charge in [-0.3, -0.25) is 0 Å². The fourth-order valence-corrected chi connectivity index (χ4v) is 1.78. The Morgan fingerprint density at radius 1 is 1.30 bits per heavy atom. The zero-order valence-corrected chi connectivity index (χ0v) is 9.65. The second kappa shape index (κ2) is 3.22. The molecule has 0 atom stereocenters. The third kappa shape index (κ3) is 1.53. The van der Waals surface area contributed by atoms with Crippen LogP contribution in [0.25, 0.3) is 0 Å². The van der Waals surface area contributed by atoms with E-state index in [-0.39, 0.29) is 0 Å². The first-order valence-electron chi connectivity index (χ1n) is 3.04. The molecule has 1 aromatic carbocycles. The molecule has 0 aliphatic heterocycles. The predicted octanol–water partition coefficient (Wildman–Crippen LogP) is 3.67. The fraction of sp³-hybridized carbons (Fsp3) is 0.250. The van der Waals surface area contributed by atoms with Gasteiger partial charge in [0.2, 0.25) is 0 Å². The SMILES string of the molecule is Cc1ccc(Br)c(I)c1C. The zero-order chi connectivity index (χ0) is 7.72.